The lowest BCUT2D eigenvalue weighted by atomic mass is 9.47. The van der Waals surface area contributed by atoms with Crippen molar-refractivity contribution in [2.45, 2.75) is 68.2 Å². The molecule has 1 spiro atoms. The Hall–Kier alpha value is -1.51. The van der Waals surface area contributed by atoms with Crippen molar-refractivity contribution in [1.82, 2.24) is 4.90 Å². The summed E-state index contributed by atoms with van der Waals surface area (Å²) in [6.07, 6.45) is 5.14. The van der Waals surface area contributed by atoms with Gasteiger partial charge in [-0.15, -0.1) is 0 Å². The predicted octanol–water partition coefficient (Wildman–Crippen LogP) is 4.18. The Bertz CT molecular complexity index is 1050. The minimum absolute atomic E-state index is 0.0314. The maximum atomic E-state index is 8.99. The van der Waals surface area contributed by atoms with Gasteiger partial charge in [-0.1, -0.05) is 34.0 Å². The van der Waals surface area contributed by atoms with Crippen LogP contribution in [0.2, 0.25) is 0 Å². The van der Waals surface area contributed by atoms with Gasteiger partial charge < -0.3 is 19.9 Å². The number of likely N-dealkylation sites (tertiary alicyclic amines) is 1. The lowest BCUT2D eigenvalue weighted by molar-refractivity contribution is -0.159. The minimum atomic E-state index is -0.654. The third-order valence-electron chi connectivity index (χ3n) is 9.76. The van der Waals surface area contributed by atoms with Crippen LogP contribution in [0.1, 0.15) is 43.7 Å². The SMILES string of the molecule is CO[C@H]1C2Oc3c(OCCBr)ccc4c3[C@@]23CCN(CC2CC2)C(C4)C3C[C@]1(N)[C@H](C)CN=[N+]=[N-]. The fourth-order valence-electron chi connectivity index (χ4n) is 7.92. The van der Waals surface area contributed by atoms with Gasteiger partial charge in [0.25, 0.3) is 0 Å². The first-order valence-electron chi connectivity index (χ1n) is 13.1. The third-order valence-corrected chi connectivity index (χ3v) is 10.1. The lowest BCUT2D eigenvalue weighted by Crippen LogP contribution is -2.76. The third kappa shape index (κ3) is 3.46. The average molecular weight is 547 g/mol. The van der Waals surface area contributed by atoms with Gasteiger partial charge in [-0.05, 0) is 73.6 Å². The van der Waals surface area contributed by atoms with E-state index < -0.39 is 5.54 Å². The number of piperidine rings is 1. The number of azide groups is 1. The van der Waals surface area contributed by atoms with Crippen molar-refractivity contribution in [1.29, 1.82) is 0 Å². The van der Waals surface area contributed by atoms with Crippen molar-refractivity contribution in [3.05, 3.63) is 33.7 Å². The van der Waals surface area contributed by atoms with Crippen LogP contribution >= 0.6 is 15.9 Å². The fourth-order valence-corrected chi connectivity index (χ4v) is 8.08. The highest BCUT2D eigenvalue weighted by molar-refractivity contribution is 9.09. The van der Waals surface area contributed by atoms with Gasteiger partial charge >= 0.3 is 0 Å². The van der Waals surface area contributed by atoms with Crippen LogP contribution in [0.4, 0.5) is 0 Å². The van der Waals surface area contributed by atoms with Crippen LogP contribution in [0.5, 0.6) is 11.5 Å². The Morgan fingerprint density at radius 1 is 1.40 bits per heavy atom. The summed E-state index contributed by atoms with van der Waals surface area (Å²) in [5, 5.41) is 4.67. The zero-order valence-electron chi connectivity index (χ0n) is 20.7. The van der Waals surface area contributed by atoms with Crippen molar-refractivity contribution >= 4 is 15.9 Å². The molecule has 35 heavy (non-hydrogen) atoms. The van der Waals surface area contributed by atoms with Crippen molar-refractivity contribution in [2.24, 2.45) is 28.6 Å². The van der Waals surface area contributed by atoms with Crippen molar-refractivity contribution < 1.29 is 14.2 Å². The second kappa shape index (κ2) is 8.80. The van der Waals surface area contributed by atoms with Crippen LogP contribution < -0.4 is 15.2 Å². The molecule has 2 bridgehead atoms. The summed E-state index contributed by atoms with van der Waals surface area (Å²) in [6.45, 7) is 5.32. The number of benzene rings is 1. The second-order valence-electron chi connectivity index (χ2n) is 11.4. The molecule has 5 aliphatic rings. The molecule has 2 heterocycles. The lowest BCUT2D eigenvalue weighted by Gasteiger charge is -2.64. The number of hydrogen-bond acceptors (Lipinski definition) is 6. The molecule has 0 radical (unpaired) electrons. The largest absolute Gasteiger partial charge is 0.489 e. The van der Waals surface area contributed by atoms with E-state index in [0.29, 0.717) is 25.1 Å². The molecule has 6 rings (SSSR count). The molecule has 3 unspecified atom stereocenters. The first-order valence-corrected chi connectivity index (χ1v) is 14.2. The Balaban J connectivity index is 1.48. The van der Waals surface area contributed by atoms with E-state index >= 15 is 0 Å². The molecule has 2 N–H and O–H groups in total. The van der Waals surface area contributed by atoms with E-state index in [9.17, 15) is 0 Å². The Morgan fingerprint density at radius 3 is 2.94 bits per heavy atom. The van der Waals surface area contributed by atoms with Crippen LogP contribution in [0.15, 0.2) is 17.2 Å². The van der Waals surface area contributed by atoms with E-state index in [1.54, 1.807) is 7.11 Å². The molecule has 0 amide bonds. The minimum Gasteiger partial charge on any atom is -0.489 e. The van der Waals surface area contributed by atoms with E-state index in [4.69, 9.17) is 25.5 Å². The highest BCUT2D eigenvalue weighted by Crippen LogP contribution is 2.66. The number of rotatable bonds is 9. The number of methoxy groups -OCH3 is 1. The van der Waals surface area contributed by atoms with Gasteiger partial charge in [0.05, 0.1) is 6.61 Å². The molecule has 1 aromatic carbocycles. The molecule has 8 nitrogen and oxygen atoms in total. The highest BCUT2D eigenvalue weighted by Gasteiger charge is 2.71. The number of halogens is 1. The van der Waals surface area contributed by atoms with Crippen molar-refractivity contribution in [3.63, 3.8) is 0 Å². The summed E-state index contributed by atoms with van der Waals surface area (Å²) in [5.74, 6) is 2.91. The number of alkyl halides is 1. The van der Waals surface area contributed by atoms with E-state index in [-0.39, 0.29) is 23.5 Å². The molecule has 1 aromatic rings. The Labute approximate surface area is 215 Å². The van der Waals surface area contributed by atoms with E-state index in [2.05, 4.69) is 49.9 Å². The van der Waals surface area contributed by atoms with Gasteiger partial charge in [0.1, 0.15) is 12.2 Å². The van der Waals surface area contributed by atoms with Gasteiger partial charge in [0, 0.05) is 53.0 Å². The fraction of sp³-hybridized carbons (Fsp3) is 0.769. The van der Waals surface area contributed by atoms with E-state index in [1.807, 2.05) is 0 Å². The van der Waals surface area contributed by atoms with Crippen LogP contribution in [-0.2, 0) is 16.6 Å². The maximum Gasteiger partial charge on any atom is 0.165 e. The number of hydrogen-bond donors (Lipinski definition) is 1. The van der Waals surface area contributed by atoms with Gasteiger partial charge in [-0.2, -0.15) is 0 Å². The normalized spacial score (nSPS) is 37.7. The smallest absolute Gasteiger partial charge is 0.165 e. The molecule has 3 aliphatic carbocycles. The Morgan fingerprint density at radius 2 is 2.23 bits per heavy atom. The standard InChI is InChI=1S/C26H36BrN5O3/c1-15(13-30-31-29)26(28)12-18-19-11-17-5-6-20(34-10-8-27)22-21(17)25(18,23(35-22)24(26)33-2)7-9-32(19)14-16-3-4-16/h5-6,15-16,18-19,23-24H,3-4,7-14,28H2,1-2H3/t15-,18?,19?,23?,24+,25+,26+/m1/s1. The number of ether oxygens (including phenoxy) is 3. The van der Waals surface area contributed by atoms with Gasteiger partial charge in [-0.3, -0.25) is 4.90 Å². The zero-order chi connectivity index (χ0) is 24.4. The first-order chi connectivity index (χ1) is 17.0. The molecule has 7 atom stereocenters. The molecule has 9 heteroatoms. The zero-order valence-corrected chi connectivity index (χ0v) is 22.2. The summed E-state index contributed by atoms with van der Waals surface area (Å²) < 4.78 is 19.3. The monoisotopic (exact) mass is 545 g/mol. The molecule has 2 saturated carbocycles. The molecule has 0 aromatic heterocycles. The number of nitrogens with zero attached hydrogens (tertiary/aromatic N) is 4. The van der Waals surface area contributed by atoms with Gasteiger partial charge in [0.2, 0.25) is 0 Å². The molecule has 2 aliphatic heterocycles. The summed E-state index contributed by atoms with van der Waals surface area (Å²) in [6, 6.07) is 4.81. The summed E-state index contributed by atoms with van der Waals surface area (Å²) in [7, 11) is 1.75. The van der Waals surface area contributed by atoms with Crippen LogP contribution in [-0.4, -0.2) is 67.4 Å². The van der Waals surface area contributed by atoms with Crippen molar-refractivity contribution in [3.8, 4) is 11.5 Å². The Kier molecular flexibility index (Phi) is 6.00. The van der Waals surface area contributed by atoms with E-state index in [0.717, 1.165) is 48.6 Å². The molecule has 3 fully saturated rings. The van der Waals surface area contributed by atoms with Crippen LogP contribution in [0.25, 0.3) is 10.4 Å². The average Bonchev–Trinajstić information content (AvgIpc) is 3.61. The second-order valence-corrected chi connectivity index (χ2v) is 12.2. The summed E-state index contributed by atoms with van der Waals surface area (Å²) >= 11 is 3.49. The first kappa shape index (κ1) is 23.9. The molecular weight excluding hydrogens is 510 g/mol. The molecule has 1 saturated heterocycles. The van der Waals surface area contributed by atoms with Crippen LogP contribution in [0, 0.1) is 17.8 Å². The summed E-state index contributed by atoms with van der Waals surface area (Å²) in [4.78, 5) is 5.77. The topological polar surface area (TPSA) is 106 Å². The molecule has 190 valence electrons. The number of nitrogens with two attached hydrogens (primary N) is 1. The van der Waals surface area contributed by atoms with E-state index in [1.165, 1.54) is 30.5 Å². The van der Waals surface area contributed by atoms with Gasteiger partial charge in [-0.25, -0.2) is 0 Å². The molecular formula is C26H36BrN5O3. The van der Waals surface area contributed by atoms with Crippen LogP contribution in [0.3, 0.4) is 0 Å². The summed E-state index contributed by atoms with van der Waals surface area (Å²) in [5.41, 5.74) is 18.3. The van der Waals surface area contributed by atoms with Gasteiger partial charge in [0.15, 0.2) is 11.5 Å². The highest BCUT2D eigenvalue weighted by atomic mass is 79.9. The quantitative estimate of drug-likeness (QED) is 0.217. The predicted molar refractivity (Wildman–Crippen MR) is 137 cm³/mol. The maximum absolute atomic E-state index is 8.99. The van der Waals surface area contributed by atoms with Crippen molar-refractivity contribution in [2.75, 3.05) is 38.7 Å².